The van der Waals surface area contributed by atoms with E-state index in [9.17, 15) is 4.79 Å². The second kappa shape index (κ2) is 4.24. The minimum atomic E-state index is -0.410. The number of carbonyl (C=O) groups excluding carboxylic acids is 1. The molecule has 21 heavy (non-hydrogen) atoms. The van der Waals surface area contributed by atoms with Crippen molar-refractivity contribution >= 4 is 27.7 Å². The lowest BCUT2D eigenvalue weighted by Gasteiger charge is -1.98. The number of fused-ring (bicyclic) bond motifs is 2. The lowest BCUT2D eigenvalue weighted by molar-refractivity contribution is 0.100. The molecule has 0 aliphatic carbocycles. The van der Waals surface area contributed by atoms with E-state index >= 15 is 0 Å². The zero-order valence-corrected chi connectivity index (χ0v) is 11.2. The third-order valence-corrected chi connectivity index (χ3v) is 3.79. The van der Waals surface area contributed by atoms with Crippen LogP contribution in [0.25, 0.3) is 33.1 Å². The quantitative estimate of drug-likeness (QED) is 0.515. The van der Waals surface area contributed by atoms with E-state index in [0.717, 1.165) is 33.1 Å². The molecule has 0 spiro atoms. The van der Waals surface area contributed by atoms with Gasteiger partial charge in [-0.15, -0.1) is 0 Å². The van der Waals surface area contributed by atoms with E-state index in [0.29, 0.717) is 5.56 Å². The standard InChI is InChI=1S/C17H13N3O/c18-17(21)12-2-1-3-15-13(12)9-16(20-15)10-4-5-14-11(8-10)6-7-19-14/h1-9,19-20H,(H2,18,21). The van der Waals surface area contributed by atoms with Crippen molar-refractivity contribution in [3.05, 3.63) is 60.3 Å². The van der Waals surface area contributed by atoms with Gasteiger partial charge in [0.05, 0.1) is 0 Å². The largest absolute Gasteiger partial charge is 0.366 e. The summed E-state index contributed by atoms with van der Waals surface area (Å²) in [5, 5.41) is 2.01. The molecule has 4 rings (SSSR count). The van der Waals surface area contributed by atoms with Crippen LogP contribution in [0.5, 0.6) is 0 Å². The second-order valence-electron chi connectivity index (χ2n) is 5.09. The van der Waals surface area contributed by atoms with Crippen LogP contribution in [0.1, 0.15) is 10.4 Å². The fourth-order valence-electron chi connectivity index (χ4n) is 2.75. The molecule has 0 saturated carbocycles. The highest BCUT2D eigenvalue weighted by atomic mass is 16.1. The van der Waals surface area contributed by atoms with Gasteiger partial charge in [0.25, 0.3) is 0 Å². The number of rotatable bonds is 2. The number of benzene rings is 2. The van der Waals surface area contributed by atoms with Crippen LogP contribution in [0.2, 0.25) is 0 Å². The number of hydrogen-bond acceptors (Lipinski definition) is 1. The summed E-state index contributed by atoms with van der Waals surface area (Å²) in [6.45, 7) is 0. The van der Waals surface area contributed by atoms with Crippen LogP contribution >= 0.6 is 0 Å². The van der Waals surface area contributed by atoms with Gasteiger partial charge in [0, 0.05) is 39.3 Å². The van der Waals surface area contributed by atoms with E-state index in [-0.39, 0.29) is 0 Å². The van der Waals surface area contributed by atoms with Gasteiger partial charge in [0.15, 0.2) is 0 Å². The lowest BCUT2D eigenvalue weighted by Crippen LogP contribution is -2.10. The molecular formula is C17H13N3O. The van der Waals surface area contributed by atoms with Gasteiger partial charge < -0.3 is 15.7 Å². The van der Waals surface area contributed by atoms with Crippen molar-refractivity contribution in [3.8, 4) is 11.3 Å². The van der Waals surface area contributed by atoms with Gasteiger partial charge in [-0.25, -0.2) is 0 Å². The van der Waals surface area contributed by atoms with Crippen LogP contribution in [0.4, 0.5) is 0 Å². The Morgan fingerprint density at radius 3 is 2.76 bits per heavy atom. The Morgan fingerprint density at radius 1 is 1.00 bits per heavy atom. The van der Waals surface area contributed by atoms with Crippen LogP contribution in [0, 0.1) is 0 Å². The Hall–Kier alpha value is -3.01. The van der Waals surface area contributed by atoms with E-state index in [1.54, 1.807) is 6.07 Å². The summed E-state index contributed by atoms with van der Waals surface area (Å²) < 4.78 is 0. The fraction of sp³-hybridized carbons (Fsp3) is 0. The van der Waals surface area contributed by atoms with Crippen molar-refractivity contribution in [1.82, 2.24) is 9.97 Å². The molecule has 4 nitrogen and oxygen atoms in total. The summed E-state index contributed by atoms with van der Waals surface area (Å²) in [5.41, 5.74) is 10.0. The Kier molecular flexibility index (Phi) is 2.38. The number of aromatic nitrogens is 2. The highest BCUT2D eigenvalue weighted by Crippen LogP contribution is 2.28. The normalized spacial score (nSPS) is 11.2. The maximum atomic E-state index is 11.5. The molecule has 4 N–H and O–H groups in total. The van der Waals surface area contributed by atoms with Crippen LogP contribution in [-0.2, 0) is 0 Å². The number of primary amides is 1. The molecule has 4 heteroatoms. The monoisotopic (exact) mass is 275 g/mol. The number of nitrogens with one attached hydrogen (secondary N) is 2. The molecule has 0 aliphatic heterocycles. The first-order valence-electron chi connectivity index (χ1n) is 6.71. The highest BCUT2D eigenvalue weighted by Gasteiger charge is 2.10. The molecule has 0 unspecified atom stereocenters. The van der Waals surface area contributed by atoms with E-state index in [1.165, 1.54) is 0 Å². The van der Waals surface area contributed by atoms with Gasteiger partial charge >= 0.3 is 0 Å². The topological polar surface area (TPSA) is 74.7 Å². The second-order valence-corrected chi connectivity index (χ2v) is 5.09. The van der Waals surface area contributed by atoms with Crippen molar-refractivity contribution in [2.45, 2.75) is 0 Å². The summed E-state index contributed by atoms with van der Waals surface area (Å²) >= 11 is 0. The molecule has 0 aliphatic rings. The number of amides is 1. The van der Waals surface area contributed by atoms with E-state index in [4.69, 9.17) is 5.73 Å². The van der Waals surface area contributed by atoms with Crippen LogP contribution in [-0.4, -0.2) is 15.9 Å². The molecule has 0 bridgehead atoms. The third-order valence-electron chi connectivity index (χ3n) is 3.79. The fourth-order valence-corrected chi connectivity index (χ4v) is 2.75. The Balaban J connectivity index is 1.93. The first-order valence-corrected chi connectivity index (χ1v) is 6.71. The maximum absolute atomic E-state index is 11.5. The molecule has 102 valence electrons. The minimum Gasteiger partial charge on any atom is -0.366 e. The number of hydrogen-bond donors (Lipinski definition) is 3. The van der Waals surface area contributed by atoms with Crippen molar-refractivity contribution in [3.63, 3.8) is 0 Å². The molecule has 0 radical (unpaired) electrons. The average Bonchev–Trinajstić information content (AvgIpc) is 3.11. The van der Waals surface area contributed by atoms with Gasteiger partial charge in [-0.1, -0.05) is 12.1 Å². The van der Waals surface area contributed by atoms with Crippen LogP contribution < -0.4 is 5.73 Å². The van der Waals surface area contributed by atoms with Crippen LogP contribution in [0.15, 0.2) is 54.7 Å². The van der Waals surface area contributed by atoms with Gasteiger partial charge in [-0.2, -0.15) is 0 Å². The van der Waals surface area contributed by atoms with Gasteiger partial charge in [-0.05, 0) is 42.0 Å². The number of carbonyl (C=O) groups is 1. The molecule has 2 aromatic carbocycles. The predicted molar refractivity (Wildman–Crippen MR) is 84.1 cm³/mol. The number of H-pyrrole nitrogens is 2. The summed E-state index contributed by atoms with van der Waals surface area (Å²) in [4.78, 5) is 18.0. The van der Waals surface area contributed by atoms with E-state index < -0.39 is 5.91 Å². The predicted octanol–water partition coefficient (Wildman–Crippen LogP) is 3.42. The first-order chi connectivity index (χ1) is 10.2. The van der Waals surface area contributed by atoms with Crippen molar-refractivity contribution in [2.75, 3.05) is 0 Å². The minimum absolute atomic E-state index is 0.410. The number of nitrogens with two attached hydrogens (primary N) is 1. The smallest absolute Gasteiger partial charge is 0.249 e. The van der Waals surface area contributed by atoms with E-state index in [2.05, 4.69) is 16.0 Å². The summed E-state index contributed by atoms with van der Waals surface area (Å²) in [6.07, 6.45) is 1.92. The van der Waals surface area contributed by atoms with Gasteiger partial charge in [0.2, 0.25) is 5.91 Å². The molecule has 4 aromatic rings. The molecule has 2 heterocycles. The van der Waals surface area contributed by atoms with Gasteiger partial charge in [-0.3, -0.25) is 4.79 Å². The Labute approximate surface area is 120 Å². The van der Waals surface area contributed by atoms with Crippen molar-refractivity contribution in [2.24, 2.45) is 5.73 Å². The molecular weight excluding hydrogens is 262 g/mol. The summed E-state index contributed by atoms with van der Waals surface area (Å²) in [5.74, 6) is -0.410. The zero-order valence-electron chi connectivity index (χ0n) is 11.2. The lowest BCUT2D eigenvalue weighted by atomic mass is 10.1. The average molecular weight is 275 g/mol. The van der Waals surface area contributed by atoms with Crippen molar-refractivity contribution in [1.29, 1.82) is 0 Å². The molecule has 2 aromatic heterocycles. The molecule has 0 atom stereocenters. The molecule has 1 amide bonds. The van der Waals surface area contributed by atoms with Crippen LogP contribution in [0.3, 0.4) is 0 Å². The highest BCUT2D eigenvalue weighted by molar-refractivity contribution is 6.07. The third kappa shape index (κ3) is 1.80. The first kappa shape index (κ1) is 11.8. The molecule has 0 fully saturated rings. The summed E-state index contributed by atoms with van der Waals surface area (Å²) in [6, 6.07) is 15.7. The van der Waals surface area contributed by atoms with Crippen molar-refractivity contribution < 1.29 is 4.79 Å². The summed E-state index contributed by atoms with van der Waals surface area (Å²) in [7, 11) is 0. The maximum Gasteiger partial charge on any atom is 0.249 e. The SMILES string of the molecule is NC(=O)c1cccc2[nH]c(-c3ccc4[nH]ccc4c3)cc12. The zero-order chi connectivity index (χ0) is 14.4. The van der Waals surface area contributed by atoms with Gasteiger partial charge in [0.1, 0.15) is 0 Å². The Morgan fingerprint density at radius 2 is 1.90 bits per heavy atom. The van der Waals surface area contributed by atoms with E-state index in [1.807, 2.05) is 42.6 Å². The number of aromatic amines is 2. The Bertz CT molecular complexity index is 978. The molecule has 0 saturated heterocycles.